The van der Waals surface area contributed by atoms with Crippen LogP contribution in [0.3, 0.4) is 0 Å². The van der Waals surface area contributed by atoms with Crippen molar-refractivity contribution in [2.75, 3.05) is 9.80 Å². The van der Waals surface area contributed by atoms with Gasteiger partial charge in [0, 0.05) is 101 Å². The Morgan fingerprint density at radius 3 is 0.726 bits per heavy atom. The predicted octanol–water partition coefficient (Wildman–Crippen LogP) is 26.3. The Labute approximate surface area is 701 Å². The van der Waals surface area contributed by atoms with Gasteiger partial charge >= 0.3 is 26.2 Å². The molecule has 0 aliphatic heterocycles. The molecule has 5 aromatic heterocycles. The molecule has 557 valence electrons. The molecular weight excluding hydrogens is 1640 g/mol. The van der Waals surface area contributed by atoms with E-state index < -0.39 is 0 Å². The van der Waals surface area contributed by atoms with Crippen LogP contribution in [0.5, 0.6) is 0 Å². The van der Waals surface area contributed by atoms with E-state index in [0.29, 0.717) is 0 Å². The summed E-state index contributed by atoms with van der Waals surface area (Å²) in [5.41, 5.74) is 27.9. The average molecular weight is 1720 g/mol. The van der Waals surface area contributed by atoms with Gasteiger partial charge in [-0.05, 0) is 223 Å². The van der Waals surface area contributed by atoms with E-state index in [4.69, 9.17) is 16.2 Å². The molecule has 22 rings (SSSR count). The topological polar surface area (TPSA) is 69.8 Å². The molecule has 0 spiro atoms. The Bertz CT molecular complexity index is 6760. The van der Waals surface area contributed by atoms with Crippen LogP contribution in [0, 0.1) is 0 Å². The summed E-state index contributed by atoms with van der Waals surface area (Å²) in [5.74, 6) is 2.53. The fourth-order valence-corrected chi connectivity index (χ4v) is 16.8. The van der Waals surface area contributed by atoms with Gasteiger partial charge in [0.2, 0.25) is 0 Å². The Hall–Kier alpha value is -14.3. The number of anilines is 6. The summed E-state index contributed by atoms with van der Waals surface area (Å²) in [4.78, 5) is 20.6. The molecule has 0 saturated carbocycles. The summed E-state index contributed by atoms with van der Waals surface area (Å²) in [6.07, 6.45) is 0. The fourth-order valence-electron chi connectivity index (χ4n) is 16.8. The van der Waals surface area contributed by atoms with E-state index in [2.05, 4.69) is 433 Å². The van der Waals surface area contributed by atoms with Gasteiger partial charge in [-0.25, -0.2) is 15.0 Å². The van der Waals surface area contributed by atoms with E-state index in [0.717, 1.165) is 141 Å². The van der Waals surface area contributed by atoms with Crippen molar-refractivity contribution in [3.63, 3.8) is 0 Å². The summed E-state index contributed by atoms with van der Waals surface area (Å²) in [6.45, 7) is 0. The standard InChI is InChI=1S/C60H42N4.C45H30N6.Bi.H3P.2H/c1-5-17-45(18-6-1)61(51-37-39-59-55(41-51)53-25-13-15-27-57(53)63(59)47-21-9-3-10-22-47)49-33-29-43(30-34-49)44-31-35-50(36-32-44)62(46-19-7-2-8-20-46)52-38-40-60-56(42-52)54-26-14-16-28-58(54)64(60)48-23-11-4-12-24-48;1-4-16-34(17-5-1)49-40-25-13-10-22-37(40)46-43(49)31-28-32(44-47-38-23-11-14-26-41(38)50(44)35-18-6-2-7-19-35)30-33(29-31)45-48-39-24-12-15-27-42(39)51(45)36-20-8-3-9-21-36;;;;/h1-42H;1-30H;;1H3;;/i;;;1T;;. The molecular formula is C105H77BiN10P. The molecule has 117 heavy (non-hydrogen) atoms. The van der Waals surface area contributed by atoms with Crippen LogP contribution >= 0.6 is 9.84 Å². The van der Waals surface area contributed by atoms with Gasteiger partial charge in [-0.2, -0.15) is 9.84 Å². The second-order valence-electron chi connectivity index (χ2n) is 28.8. The van der Waals surface area contributed by atoms with Crippen molar-refractivity contribution < 1.29 is 0 Å². The number of benzene rings is 17. The minimum absolute atomic E-state index is 0. The van der Waals surface area contributed by atoms with E-state index in [1.165, 1.54) is 43.6 Å². The monoisotopic (exact) mass is 1720 g/mol. The minimum atomic E-state index is 0. The zero-order valence-corrected chi connectivity index (χ0v) is 69.3. The summed E-state index contributed by atoms with van der Waals surface area (Å²) in [7, 11) is 1.67. The molecule has 0 saturated heterocycles. The molecule has 0 aliphatic carbocycles. The quantitative estimate of drug-likeness (QED) is 0.0756. The van der Waals surface area contributed by atoms with Crippen molar-refractivity contribution in [1.29, 1.82) is 1.28 Å². The van der Waals surface area contributed by atoms with Crippen molar-refractivity contribution in [3.05, 3.63) is 437 Å². The van der Waals surface area contributed by atoms with Crippen molar-refractivity contribution in [2.24, 2.45) is 0 Å². The van der Waals surface area contributed by atoms with Gasteiger partial charge in [-0.15, -0.1) is 0 Å². The van der Waals surface area contributed by atoms with Gasteiger partial charge in [-0.1, -0.05) is 224 Å². The van der Waals surface area contributed by atoms with Gasteiger partial charge in [0.05, 0.1) is 56.4 Å². The van der Waals surface area contributed by atoms with Crippen molar-refractivity contribution >= 4 is 147 Å². The first-order valence-corrected chi connectivity index (χ1v) is 38.9. The molecule has 5 heterocycles. The molecule has 0 aliphatic rings. The van der Waals surface area contributed by atoms with Crippen LogP contribution in [0.25, 0.3) is 150 Å². The second-order valence-corrected chi connectivity index (χ2v) is 28.8. The maximum Gasteiger partial charge on any atom is 0.145 e. The van der Waals surface area contributed by atoms with Crippen molar-refractivity contribution in [1.82, 2.24) is 37.8 Å². The number of para-hydroxylation sites is 15. The second kappa shape index (κ2) is 31.6. The molecule has 12 heteroatoms. The molecule has 1 unspecified atom stereocenters. The summed E-state index contributed by atoms with van der Waals surface area (Å²) in [6, 6.07) is 155. The normalized spacial score (nSPS) is 11.3. The van der Waals surface area contributed by atoms with Gasteiger partial charge in [0.25, 0.3) is 0 Å². The third-order valence-corrected chi connectivity index (χ3v) is 21.9. The van der Waals surface area contributed by atoms with E-state index in [9.17, 15) is 0 Å². The fraction of sp³-hybridized carbons (Fsp3) is 0. The van der Waals surface area contributed by atoms with Gasteiger partial charge < -0.3 is 18.9 Å². The molecule has 10 nitrogen and oxygen atoms in total. The van der Waals surface area contributed by atoms with Crippen LogP contribution in [-0.2, 0) is 0 Å². The predicted molar refractivity (Wildman–Crippen MR) is 496 cm³/mol. The number of aromatic nitrogens is 8. The Morgan fingerprint density at radius 2 is 0.419 bits per heavy atom. The molecule has 0 fully saturated rings. The molecule has 1 radical (unpaired) electrons. The maximum absolute atomic E-state index is 5.67. The van der Waals surface area contributed by atoms with Crippen LogP contribution < -0.4 is 9.80 Å². The van der Waals surface area contributed by atoms with Crippen molar-refractivity contribution in [2.45, 2.75) is 0 Å². The Balaban J connectivity index is 0.000000156. The van der Waals surface area contributed by atoms with Crippen molar-refractivity contribution in [3.8, 4) is 73.7 Å². The first-order valence-electron chi connectivity index (χ1n) is 39.5. The summed E-state index contributed by atoms with van der Waals surface area (Å²) >= 11 is 0. The summed E-state index contributed by atoms with van der Waals surface area (Å²) in [5, 5.41) is 4.91. The minimum Gasteiger partial charge on any atom is -0.310 e. The Kier molecular flexibility index (Phi) is 19.3. The van der Waals surface area contributed by atoms with E-state index >= 15 is 0 Å². The van der Waals surface area contributed by atoms with Crippen LogP contribution in [-0.4, -0.2) is 65.3 Å². The van der Waals surface area contributed by atoms with Crippen LogP contribution in [0.15, 0.2) is 437 Å². The van der Waals surface area contributed by atoms with E-state index in [-0.39, 0.29) is 26.2 Å². The number of nitrogens with zero attached hydrogens (tertiary/aromatic N) is 10. The number of rotatable bonds is 15. The largest absolute Gasteiger partial charge is 0.310 e. The molecule has 17 aromatic carbocycles. The first kappa shape index (κ1) is 71.7. The number of imidazole rings is 3. The average Bonchev–Trinajstić information content (AvgIpc) is 1.59. The third-order valence-electron chi connectivity index (χ3n) is 21.9. The van der Waals surface area contributed by atoms with E-state index in [1.807, 2.05) is 36.4 Å². The summed E-state index contributed by atoms with van der Waals surface area (Å²) < 4.78 is 17.1. The third kappa shape index (κ3) is 13.4. The molecule has 0 bridgehead atoms. The van der Waals surface area contributed by atoms with E-state index in [1.54, 1.807) is 9.84 Å². The number of hydrogen-bond acceptors (Lipinski definition) is 5. The zero-order chi connectivity index (χ0) is 78.1. The number of fused-ring (bicyclic) bond motifs is 9. The maximum atomic E-state index is 5.67. The van der Waals surface area contributed by atoms with Crippen LogP contribution in [0.1, 0.15) is 0 Å². The number of hydrogen-bond donors (Lipinski definition) is 0. The van der Waals surface area contributed by atoms with Gasteiger partial charge in [-0.3, -0.25) is 13.7 Å². The molecule has 0 amide bonds. The van der Waals surface area contributed by atoms with Crippen LogP contribution in [0.2, 0.25) is 0 Å². The van der Waals surface area contributed by atoms with Crippen LogP contribution in [0.4, 0.5) is 34.1 Å². The SMILES string of the molecule is [3H]P.[BiH2].c1ccc(-n2c(-c3cc(-c4nc5ccccc5n4-c4ccccc4)cc(-c4nc5ccccc5n4-c4ccccc4)c3)nc3ccccc32)cc1.c1ccc(N(c2ccc(-c3ccc(N(c4ccccc4)c4ccc5c(c4)c4ccccc4n5-c4ccccc4)cc3)cc2)c2ccc3c(c2)c2ccccc2n3-c2ccccc2)cc1. The molecule has 0 N–H and O–H groups in total. The molecule has 1 atom stereocenters. The Morgan fingerprint density at radius 1 is 0.188 bits per heavy atom. The van der Waals surface area contributed by atoms with Gasteiger partial charge in [0.1, 0.15) is 17.5 Å². The van der Waals surface area contributed by atoms with Gasteiger partial charge in [0.15, 0.2) is 0 Å². The smallest absolute Gasteiger partial charge is 0.145 e. The first-order chi connectivity index (χ1) is 58.1. The zero-order valence-electron chi connectivity index (χ0n) is 64.7. The molecule has 22 aromatic rings.